The van der Waals surface area contributed by atoms with Crippen LogP contribution in [0.2, 0.25) is 0 Å². The molecule has 3 heterocycles. The zero-order chi connectivity index (χ0) is 12.7. The highest BCUT2D eigenvalue weighted by atomic mass is 15.5. The molecule has 0 amide bonds. The molecule has 1 aliphatic heterocycles. The van der Waals surface area contributed by atoms with Crippen molar-refractivity contribution in [3.63, 3.8) is 0 Å². The average Bonchev–Trinajstić information content (AvgIpc) is 2.98. The molecule has 0 atom stereocenters. The normalized spacial score (nSPS) is 15.6. The molecule has 96 valence electrons. The molecule has 7 nitrogen and oxygen atoms in total. The molecule has 0 bridgehead atoms. The fourth-order valence-corrected chi connectivity index (χ4v) is 2.30. The molecule has 2 aromatic heterocycles. The zero-order valence-electron chi connectivity index (χ0n) is 10.6. The molecule has 7 heteroatoms. The van der Waals surface area contributed by atoms with Gasteiger partial charge in [-0.1, -0.05) is 0 Å². The topological polar surface area (TPSA) is 84.4 Å². The molecule has 0 spiro atoms. The quantitative estimate of drug-likeness (QED) is 0.598. The van der Waals surface area contributed by atoms with Crippen LogP contribution in [-0.4, -0.2) is 32.7 Å². The van der Waals surface area contributed by atoms with E-state index in [1.165, 1.54) is 12.8 Å². The van der Waals surface area contributed by atoms with Crippen molar-refractivity contribution in [1.29, 1.82) is 0 Å². The Labute approximate surface area is 105 Å². The summed E-state index contributed by atoms with van der Waals surface area (Å²) in [5.41, 5.74) is 4.59. The zero-order valence-corrected chi connectivity index (χ0v) is 10.6. The van der Waals surface area contributed by atoms with Gasteiger partial charge in [0.2, 0.25) is 5.95 Å². The molecule has 0 saturated carbocycles. The van der Waals surface area contributed by atoms with Crippen LogP contribution >= 0.6 is 0 Å². The molecule has 3 rings (SSSR count). The summed E-state index contributed by atoms with van der Waals surface area (Å²) in [6.07, 6.45) is 2.39. The third-order valence-electron chi connectivity index (χ3n) is 3.48. The molecular formula is C11H17N7. The van der Waals surface area contributed by atoms with Crippen LogP contribution in [0.3, 0.4) is 0 Å². The molecule has 0 aliphatic carbocycles. The van der Waals surface area contributed by atoms with Gasteiger partial charge in [-0.3, -0.25) is 0 Å². The fraction of sp³-hybridized carbons (Fsp3) is 0.545. The van der Waals surface area contributed by atoms with E-state index in [1.807, 2.05) is 13.8 Å². The lowest BCUT2D eigenvalue weighted by Crippen LogP contribution is -2.19. The second-order valence-electron chi connectivity index (χ2n) is 4.63. The van der Waals surface area contributed by atoms with Gasteiger partial charge in [-0.05, 0) is 26.7 Å². The van der Waals surface area contributed by atoms with E-state index in [0.717, 1.165) is 36.1 Å². The maximum absolute atomic E-state index is 5.57. The molecule has 1 fully saturated rings. The number of fused-ring (bicyclic) bond motifs is 1. The minimum atomic E-state index is 0.591. The van der Waals surface area contributed by atoms with E-state index in [0.29, 0.717) is 5.78 Å². The van der Waals surface area contributed by atoms with Gasteiger partial charge >= 0.3 is 0 Å². The Morgan fingerprint density at radius 3 is 2.56 bits per heavy atom. The van der Waals surface area contributed by atoms with Gasteiger partial charge in [0.25, 0.3) is 5.78 Å². The minimum absolute atomic E-state index is 0.591. The summed E-state index contributed by atoms with van der Waals surface area (Å²) in [7, 11) is 0. The van der Waals surface area contributed by atoms with Crippen molar-refractivity contribution in [2.24, 2.45) is 5.84 Å². The van der Waals surface area contributed by atoms with Crippen molar-refractivity contribution >= 4 is 17.5 Å². The number of nitrogens with two attached hydrogens (primary N) is 1. The lowest BCUT2D eigenvalue weighted by Gasteiger charge is -2.10. The Kier molecular flexibility index (Phi) is 2.55. The number of aromatic nitrogens is 4. The van der Waals surface area contributed by atoms with Crippen molar-refractivity contribution in [2.75, 3.05) is 23.4 Å². The summed E-state index contributed by atoms with van der Waals surface area (Å²) in [5, 5.41) is 4.49. The van der Waals surface area contributed by atoms with Gasteiger partial charge in [0.1, 0.15) is 5.82 Å². The standard InChI is InChI=1S/C11H17N7/c1-7-8(2)13-10-14-11(17-5-3-4-6-17)16-18(10)9(7)15-12/h15H,3-6,12H2,1-2H3. The third kappa shape index (κ3) is 1.59. The van der Waals surface area contributed by atoms with Crippen LogP contribution in [0.25, 0.3) is 5.78 Å². The van der Waals surface area contributed by atoms with Crippen LogP contribution in [0.4, 0.5) is 11.8 Å². The highest BCUT2D eigenvalue weighted by Crippen LogP contribution is 2.21. The maximum Gasteiger partial charge on any atom is 0.256 e. The van der Waals surface area contributed by atoms with Crippen molar-refractivity contribution in [3.8, 4) is 0 Å². The number of nitrogens with one attached hydrogen (secondary N) is 1. The number of aryl methyl sites for hydroxylation is 1. The molecule has 0 radical (unpaired) electrons. The third-order valence-corrected chi connectivity index (χ3v) is 3.48. The number of hydrogen-bond donors (Lipinski definition) is 2. The number of nitrogen functional groups attached to an aromatic ring is 1. The van der Waals surface area contributed by atoms with E-state index in [9.17, 15) is 0 Å². The highest BCUT2D eigenvalue weighted by Gasteiger charge is 2.19. The van der Waals surface area contributed by atoms with Crippen LogP contribution in [0.5, 0.6) is 0 Å². The summed E-state index contributed by atoms with van der Waals surface area (Å²) in [6.45, 7) is 5.94. The molecule has 3 N–H and O–H groups in total. The summed E-state index contributed by atoms with van der Waals surface area (Å²) in [5.74, 6) is 7.64. The van der Waals surface area contributed by atoms with Crippen molar-refractivity contribution in [3.05, 3.63) is 11.3 Å². The average molecular weight is 247 g/mol. The Balaban J connectivity index is 2.16. The molecule has 1 saturated heterocycles. The van der Waals surface area contributed by atoms with E-state index >= 15 is 0 Å². The Hall–Kier alpha value is -1.89. The number of rotatable bonds is 2. The first-order valence-corrected chi connectivity index (χ1v) is 6.16. The lowest BCUT2D eigenvalue weighted by molar-refractivity contribution is 0.865. The molecule has 0 unspecified atom stereocenters. The number of nitrogens with zero attached hydrogens (tertiary/aromatic N) is 5. The summed E-state index contributed by atoms with van der Waals surface area (Å²) >= 11 is 0. The predicted octanol–water partition coefficient (Wildman–Crippen LogP) is 0.627. The number of anilines is 2. The van der Waals surface area contributed by atoms with Gasteiger partial charge < -0.3 is 10.3 Å². The van der Waals surface area contributed by atoms with E-state index in [-0.39, 0.29) is 0 Å². The van der Waals surface area contributed by atoms with Crippen LogP contribution in [0.1, 0.15) is 24.1 Å². The molecular weight excluding hydrogens is 230 g/mol. The van der Waals surface area contributed by atoms with Crippen molar-refractivity contribution in [2.45, 2.75) is 26.7 Å². The van der Waals surface area contributed by atoms with Gasteiger partial charge in [0.15, 0.2) is 0 Å². The summed E-state index contributed by atoms with van der Waals surface area (Å²) < 4.78 is 1.68. The van der Waals surface area contributed by atoms with Crippen molar-refractivity contribution in [1.82, 2.24) is 19.6 Å². The first kappa shape index (κ1) is 11.2. The van der Waals surface area contributed by atoms with Crippen molar-refractivity contribution < 1.29 is 0 Å². The largest absolute Gasteiger partial charge is 0.339 e. The van der Waals surface area contributed by atoms with Crippen LogP contribution in [0, 0.1) is 13.8 Å². The Morgan fingerprint density at radius 1 is 1.17 bits per heavy atom. The van der Waals surface area contributed by atoms with Gasteiger partial charge in [-0.2, -0.15) is 9.50 Å². The minimum Gasteiger partial charge on any atom is -0.339 e. The van der Waals surface area contributed by atoms with Gasteiger partial charge in [0.05, 0.1) is 0 Å². The SMILES string of the molecule is Cc1nc2nc(N3CCCC3)nn2c(NN)c1C. The molecule has 1 aliphatic rings. The van der Waals surface area contributed by atoms with Gasteiger partial charge in [0, 0.05) is 24.3 Å². The Morgan fingerprint density at radius 2 is 1.89 bits per heavy atom. The van der Waals surface area contributed by atoms with E-state index in [4.69, 9.17) is 5.84 Å². The number of hydrazine groups is 1. The second kappa shape index (κ2) is 4.09. The van der Waals surface area contributed by atoms with Gasteiger partial charge in [-0.15, -0.1) is 5.10 Å². The van der Waals surface area contributed by atoms with E-state index in [2.05, 4.69) is 25.4 Å². The fourth-order valence-electron chi connectivity index (χ4n) is 2.30. The van der Waals surface area contributed by atoms with Gasteiger partial charge in [-0.25, -0.2) is 10.8 Å². The monoisotopic (exact) mass is 247 g/mol. The molecule has 18 heavy (non-hydrogen) atoms. The molecule has 2 aromatic rings. The predicted molar refractivity (Wildman–Crippen MR) is 69.5 cm³/mol. The lowest BCUT2D eigenvalue weighted by atomic mass is 10.2. The molecule has 0 aromatic carbocycles. The smallest absolute Gasteiger partial charge is 0.256 e. The number of hydrogen-bond acceptors (Lipinski definition) is 6. The maximum atomic E-state index is 5.57. The van der Waals surface area contributed by atoms with Crippen LogP contribution in [-0.2, 0) is 0 Å². The van der Waals surface area contributed by atoms with Crippen LogP contribution in [0.15, 0.2) is 0 Å². The summed E-state index contributed by atoms with van der Waals surface area (Å²) in [6, 6.07) is 0. The highest BCUT2D eigenvalue weighted by molar-refractivity contribution is 5.53. The van der Waals surface area contributed by atoms with E-state index in [1.54, 1.807) is 4.52 Å². The second-order valence-corrected chi connectivity index (χ2v) is 4.63. The first-order valence-electron chi connectivity index (χ1n) is 6.16. The van der Waals surface area contributed by atoms with E-state index < -0.39 is 0 Å². The Bertz CT molecular complexity index is 583. The summed E-state index contributed by atoms with van der Waals surface area (Å²) in [4.78, 5) is 11.1. The first-order chi connectivity index (χ1) is 8.70. The van der Waals surface area contributed by atoms with Crippen LogP contribution < -0.4 is 16.2 Å².